The lowest BCUT2D eigenvalue weighted by Crippen LogP contribution is -2.19. The molecule has 3 N–H and O–H groups in total. The number of thiocarbonyl (C=S) groups is 1. The molecule has 0 saturated heterocycles. The molecule has 0 unspecified atom stereocenters. The Morgan fingerprint density at radius 1 is 1.33 bits per heavy atom. The van der Waals surface area contributed by atoms with Gasteiger partial charge in [0, 0.05) is 12.0 Å². The van der Waals surface area contributed by atoms with E-state index < -0.39 is 0 Å². The topological polar surface area (TPSA) is 55.1 Å². The summed E-state index contributed by atoms with van der Waals surface area (Å²) in [6.45, 7) is 6.34. The van der Waals surface area contributed by atoms with Gasteiger partial charge in [0.15, 0.2) is 0 Å². The second kappa shape index (κ2) is 5.96. The minimum absolute atomic E-state index is 0.00590. The fraction of sp³-hybridized carbons (Fsp3) is 0.429. The summed E-state index contributed by atoms with van der Waals surface area (Å²) in [5.41, 5.74) is 7.16. The number of amides is 1. The molecule has 98 valence electrons. The summed E-state index contributed by atoms with van der Waals surface area (Å²) in [4.78, 5) is 12.1. The fourth-order valence-corrected chi connectivity index (χ4v) is 1.69. The molecule has 0 atom stereocenters. The highest BCUT2D eigenvalue weighted by atomic mass is 32.1. The van der Waals surface area contributed by atoms with Gasteiger partial charge in [-0.25, -0.2) is 0 Å². The molecule has 1 amide bonds. The summed E-state index contributed by atoms with van der Waals surface area (Å²) in [5, 5.41) is 2.86. The van der Waals surface area contributed by atoms with Gasteiger partial charge in [-0.1, -0.05) is 45.1 Å². The van der Waals surface area contributed by atoms with Gasteiger partial charge >= 0.3 is 0 Å². The number of rotatable bonds is 4. The van der Waals surface area contributed by atoms with Gasteiger partial charge in [-0.15, -0.1) is 0 Å². The third-order valence-electron chi connectivity index (χ3n) is 2.57. The number of carbonyl (C=O) groups excluding carboxylic acids is 1. The molecular formula is C14H20N2OS. The molecular weight excluding hydrogens is 244 g/mol. The molecule has 1 rings (SSSR count). The van der Waals surface area contributed by atoms with Crippen LogP contribution in [0.4, 0.5) is 5.69 Å². The molecule has 0 aliphatic carbocycles. The molecule has 4 heteroatoms. The van der Waals surface area contributed by atoms with Crippen LogP contribution < -0.4 is 11.1 Å². The van der Waals surface area contributed by atoms with Crippen molar-refractivity contribution in [2.45, 2.75) is 33.6 Å². The molecule has 0 bridgehead atoms. The Hall–Kier alpha value is -1.42. The summed E-state index contributed by atoms with van der Waals surface area (Å²) in [6.07, 6.45) is 1.34. The van der Waals surface area contributed by atoms with E-state index in [1.165, 1.54) is 0 Å². The summed E-state index contributed by atoms with van der Waals surface area (Å²) >= 11 is 4.95. The van der Waals surface area contributed by atoms with Gasteiger partial charge in [-0.2, -0.15) is 0 Å². The Morgan fingerprint density at radius 2 is 1.94 bits per heavy atom. The normalized spacial score (nSPS) is 11.1. The predicted octanol–water partition coefficient (Wildman–Crippen LogP) is 3.09. The highest BCUT2D eigenvalue weighted by molar-refractivity contribution is 7.80. The van der Waals surface area contributed by atoms with Crippen LogP contribution in [0.1, 0.15) is 39.2 Å². The zero-order chi connectivity index (χ0) is 13.8. The SMILES string of the molecule is CC(C)(C)CCC(=O)Nc1ccccc1C(N)=S. The van der Waals surface area contributed by atoms with E-state index in [0.29, 0.717) is 22.7 Å². The molecule has 0 aliphatic heterocycles. The van der Waals surface area contributed by atoms with Gasteiger partial charge in [0.1, 0.15) is 4.99 Å². The van der Waals surface area contributed by atoms with Crippen LogP contribution >= 0.6 is 12.2 Å². The van der Waals surface area contributed by atoms with Crippen molar-refractivity contribution in [3.8, 4) is 0 Å². The van der Waals surface area contributed by atoms with E-state index in [4.69, 9.17) is 18.0 Å². The van der Waals surface area contributed by atoms with Crippen molar-refractivity contribution in [3.63, 3.8) is 0 Å². The molecule has 0 saturated carbocycles. The first-order chi connectivity index (χ1) is 8.29. The molecule has 3 nitrogen and oxygen atoms in total. The Morgan fingerprint density at radius 3 is 2.50 bits per heavy atom. The van der Waals surface area contributed by atoms with Gasteiger partial charge in [-0.05, 0) is 24.0 Å². The molecule has 1 aromatic rings. The second-order valence-electron chi connectivity index (χ2n) is 5.52. The summed E-state index contributed by atoms with van der Waals surface area (Å²) < 4.78 is 0. The van der Waals surface area contributed by atoms with Crippen molar-refractivity contribution >= 4 is 28.8 Å². The van der Waals surface area contributed by atoms with Crippen LogP contribution in [0.15, 0.2) is 24.3 Å². The third kappa shape index (κ3) is 4.84. The quantitative estimate of drug-likeness (QED) is 0.822. The predicted molar refractivity (Wildman–Crippen MR) is 79.6 cm³/mol. The van der Waals surface area contributed by atoms with Gasteiger partial charge < -0.3 is 11.1 Å². The molecule has 0 spiro atoms. The van der Waals surface area contributed by atoms with Gasteiger partial charge in [0.05, 0.1) is 5.69 Å². The smallest absolute Gasteiger partial charge is 0.224 e. The van der Waals surface area contributed by atoms with Crippen LogP contribution in [0.5, 0.6) is 0 Å². The van der Waals surface area contributed by atoms with Crippen LogP contribution in [0.3, 0.4) is 0 Å². The lowest BCUT2D eigenvalue weighted by atomic mass is 9.90. The maximum atomic E-state index is 11.8. The Kier molecular flexibility index (Phi) is 4.84. The van der Waals surface area contributed by atoms with E-state index >= 15 is 0 Å². The van der Waals surface area contributed by atoms with Crippen LogP contribution in [0.2, 0.25) is 0 Å². The zero-order valence-corrected chi connectivity index (χ0v) is 11.9. The Labute approximate surface area is 114 Å². The first-order valence-corrected chi connectivity index (χ1v) is 6.39. The van der Waals surface area contributed by atoms with E-state index in [9.17, 15) is 4.79 Å². The van der Waals surface area contributed by atoms with Crippen molar-refractivity contribution in [1.29, 1.82) is 0 Å². The maximum Gasteiger partial charge on any atom is 0.224 e. The highest BCUT2D eigenvalue weighted by Crippen LogP contribution is 2.21. The van der Waals surface area contributed by atoms with Gasteiger partial charge in [-0.3, -0.25) is 4.79 Å². The van der Waals surface area contributed by atoms with E-state index in [-0.39, 0.29) is 11.3 Å². The minimum atomic E-state index is -0.00590. The molecule has 0 fully saturated rings. The van der Waals surface area contributed by atoms with Crippen LogP contribution in [-0.2, 0) is 4.79 Å². The van der Waals surface area contributed by atoms with E-state index in [1.54, 1.807) is 0 Å². The lowest BCUT2D eigenvalue weighted by molar-refractivity contribution is -0.116. The number of nitrogens with one attached hydrogen (secondary N) is 1. The number of anilines is 1. The van der Waals surface area contributed by atoms with Crippen LogP contribution in [0, 0.1) is 5.41 Å². The molecule has 0 aliphatic rings. The van der Waals surface area contributed by atoms with Crippen molar-refractivity contribution in [1.82, 2.24) is 0 Å². The van der Waals surface area contributed by atoms with Crippen molar-refractivity contribution in [2.24, 2.45) is 11.1 Å². The molecule has 0 radical (unpaired) electrons. The van der Waals surface area contributed by atoms with E-state index in [0.717, 1.165) is 6.42 Å². The van der Waals surface area contributed by atoms with Gasteiger partial charge in [0.2, 0.25) is 5.91 Å². The number of carbonyl (C=O) groups is 1. The summed E-state index contributed by atoms with van der Waals surface area (Å²) in [5.74, 6) is -0.00590. The summed E-state index contributed by atoms with van der Waals surface area (Å²) in [7, 11) is 0. The number of nitrogens with two attached hydrogens (primary N) is 1. The van der Waals surface area contributed by atoms with Crippen molar-refractivity contribution in [2.75, 3.05) is 5.32 Å². The second-order valence-corrected chi connectivity index (χ2v) is 5.96. The fourth-order valence-electron chi connectivity index (χ4n) is 1.51. The summed E-state index contributed by atoms with van der Waals surface area (Å²) in [6, 6.07) is 7.31. The molecule has 18 heavy (non-hydrogen) atoms. The van der Waals surface area contributed by atoms with E-state index in [2.05, 4.69) is 26.1 Å². The van der Waals surface area contributed by atoms with Crippen molar-refractivity contribution < 1.29 is 4.79 Å². The maximum absolute atomic E-state index is 11.8. The van der Waals surface area contributed by atoms with Gasteiger partial charge in [0.25, 0.3) is 0 Å². The lowest BCUT2D eigenvalue weighted by Gasteiger charge is -2.17. The number of benzene rings is 1. The van der Waals surface area contributed by atoms with Crippen LogP contribution in [-0.4, -0.2) is 10.9 Å². The minimum Gasteiger partial charge on any atom is -0.389 e. The van der Waals surface area contributed by atoms with Crippen LogP contribution in [0.25, 0.3) is 0 Å². The van der Waals surface area contributed by atoms with Crippen molar-refractivity contribution in [3.05, 3.63) is 29.8 Å². The number of para-hydroxylation sites is 1. The molecule has 1 aromatic carbocycles. The first-order valence-electron chi connectivity index (χ1n) is 5.98. The standard InChI is InChI=1S/C14H20N2OS/c1-14(2,3)9-8-12(17)16-11-7-5-4-6-10(11)13(15)18/h4-7H,8-9H2,1-3H3,(H2,15,18)(H,16,17). The Bertz CT molecular complexity index is 449. The number of hydrogen-bond donors (Lipinski definition) is 2. The monoisotopic (exact) mass is 264 g/mol. The average molecular weight is 264 g/mol. The average Bonchev–Trinajstić information content (AvgIpc) is 2.26. The zero-order valence-electron chi connectivity index (χ0n) is 11.1. The highest BCUT2D eigenvalue weighted by Gasteiger charge is 2.14. The van der Waals surface area contributed by atoms with E-state index in [1.807, 2.05) is 24.3 Å². The molecule has 0 aromatic heterocycles. The Balaban J connectivity index is 2.68. The number of hydrogen-bond acceptors (Lipinski definition) is 2. The molecule has 0 heterocycles. The largest absolute Gasteiger partial charge is 0.389 e. The third-order valence-corrected chi connectivity index (χ3v) is 2.79. The first kappa shape index (κ1) is 14.6.